The van der Waals surface area contributed by atoms with Gasteiger partial charge in [0.2, 0.25) is 5.91 Å². The molecule has 0 spiro atoms. The first-order valence-electron chi connectivity index (χ1n) is 14.1. The number of nitrogens with zero attached hydrogens (tertiary/aromatic N) is 3. The fourth-order valence-corrected chi connectivity index (χ4v) is 4.53. The molecule has 40 heavy (non-hydrogen) atoms. The molecular weight excluding hydrogens is 503 g/mol. The molecule has 0 unspecified atom stereocenters. The van der Waals surface area contributed by atoms with Gasteiger partial charge >= 0.3 is 0 Å². The average Bonchev–Trinajstić information content (AvgIpc) is 3.39. The van der Waals surface area contributed by atoms with Crippen LogP contribution in [0.25, 0.3) is 16.9 Å². The molecule has 0 saturated heterocycles. The van der Waals surface area contributed by atoms with Crippen LogP contribution < -0.4 is 5.32 Å². The molecule has 0 fully saturated rings. The van der Waals surface area contributed by atoms with Crippen LogP contribution in [-0.4, -0.2) is 39.6 Å². The Balaban J connectivity index is 1.52. The third kappa shape index (κ3) is 7.65. The lowest BCUT2D eigenvalue weighted by Crippen LogP contribution is -2.39. The molecule has 0 bridgehead atoms. The Morgan fingerprint density at radius 1 is 0.875 bits per heavy atom. The molecule has 1 N–H and O–H groups in total. The number of anilines is 1. The normalized spacial score (nSPS) is 10.9. The molecule has 0 atom stereocenters. The summed E-state index contributed by atoms with van der Waals surface area (Å²) in [6.07, 6.45) is 6.18. The van der Waals surface area contributed by atoms with E-state index in [1.807, 2.05) is 54.6 Å². The fourth-order valence-electron chi connectivity index (χ4n) is 4.53. The van der Waals surface area contributed by atoms with Gasteiger partial charge in [-0.3, -0.25) is 9.59 Å². The highest BCUT2D eigenvalue weighted by atomic mass is 19.1. The van der Waals surface area contributed by atoms with Crippen molar-refractivity contribution in [3.63, 3.8) is 0 Å². The molecule has 3 aromatic carbocycles. The van der Waals surface area contributed by atoms with Crippen molar-refractivity contribution < 1.29 is 14.0 Å². The van der Waals surface area contributed by atoms with Gasteiger partial charge in [0.25, 0.3) is 5.91 Å². The highest BCUT2D eigenvalue weighted by molar-refractivity contribution is 5.99. The van der Waals surface area contributed by atoms with E-state index in [-0.39, 0.29) is 24.2 Å². The molecule has 208 valence electrons. The molecule has 4 rings (SSSR count). The maximum absolute atomic E-state index is 13.6. The number of carbonyl (C=O) groups is 2. The Morgan fingerprint density at radius 3 is 2.25 bits per heavy atom. The molecule has 0 radical (unpaired) electrons. The Hall–Kier alpha value is -4.26. The number of halogens is 1. The number of carbonyl (C=O) groups excluding carboxylic acids is 2. The Bertz CT molecular complexity index is 1380. The summed E-state index contributed by atoms with van der Waals surface area (Å²) in [4.78, 5) is 28.3. The van der Waals surface area contributed by atoms with Crippen LogP contribution in [0.3, 0.4) is 0 Å². The summed E-state index contributed by atoms with van der Waals surface area (Å²) in [6, 6.07) is 25.1. The summed E-state index contributed by atoms with van der Waals surface area (Å²) in [5.41, 5.74) is 3.95. The second kappa shape index (κ2) is 14.2. The molecule has 6 nitrogen and oxygen atoms in total. The maximum atomic E-state index is 13.6. The highest BCUT2D eigenvalue weighted by Crippen LogP contribution is 2.25. The Kier molecular flexibility index (Phi) is 10.2. The van der Waals surface area contributed by atoms with Crippen LogP contribution >= 0.6 is 0 Å². The van der Waals surface area contributed by atoms with Crippen LogP contribution in [0.2, 0.25) is 0 Å². The molecule has 0 aliphatic heterocycles. The first-order valence-corrected chi connectivity index (χ1v) is 14.1. The molecule has 0 aliphatic carbocycles. The van der Waals surface area contributed by atoms with Crippen molar-refractivity contribution in [3.8, 4) is 16.9 Å². The summed E-state index contributed by atoms with van der Waals surface area (Å²) in [5.74, 6) is -0.414. The number of nitrogens with one attached hydrogen (secondary N) is 1. The van der Waals surface area contributed by atoms with Crippen molar-refractivity contribution in [2.24, 2.45) is 0 Å². The van der Waals surface area contributed by atoms with E-state index in [1.165, 1.54) is 30.5 Å². The quantitative estimate of drug-likeness (QED) is 0.181. The standard InChI is InChI=1S/C33H37FN4O2/c1-3-5-8-11-25-14-16-27(17-15-25)33(40)37(22-6-4-2)24-32(39)35-31-23-30(26-12-9-7-10-13-26)36-38(31)29-20-18-28(34)19-21-29/h7,9-10,12-21,23H,3-6,8,11,22,24H2,1-2H3,(H,35,39). The van der Waals surface area contributed by atoms with E-state index in [0.717, 1.165) is 31.2 Å². The Morgan fingerprint density at radius 2 is 1.57 bits per heavy atom. The lowest BCUT2D eigenvalue weighted by molar-refractivity contribution is -0.117. The van der Waals surface area contributed by atoms with Gasteiger partial charge in [0.1, 0.15) is 18.2 Å². The van der Waals surface area contributed by atoms with Crippen molar-refractivity contribution in [2.75, 3.05) is 18.4 Å². The van der Waals surface area contributed by atoms with Crippen LogP contribution in [0, 0.1) is 5.82 Å². The van der Waals surface area contributed by atoms with Crippen molar-refractivity contribution in [2.45, 2.75) is 52.4 Å². The van der Waals surface area contributed by atoms with Gasteiger partial charge in [-0.25, -0.2) is 9.07 Å². The van der Waals surface area contributed by atoms with E-state index in [9.17, 15) is 14.0 Å². The summed E-state index contributed by atoms with van der Waals surface area (Å²) < 4.78 is 15.2. The Labute approximate surface area is 235 Å². The molecule has 4 aromatic rings. The predicted octanol–water partition coefficient (Wildman–Crippen LogP) is 7.29. The second-order valence-electron chi connectivity index (χ2n) is 9.95. The largest absolute Gasteiger partial charge is 0.329 e. The van der Waals surface area contributed by atoms with E-state index in [4.69, 9.17) is 0 Å². The number of unbranched alkanes of at least 4 members (excludes halogenated alkanes) is 3. The van der Waals surface area contributed by atoms with E-state index >= 15 is 0 Å². The summed E-state index contributed by atoms with van der Waals surface area (Å²) in [5, 5.41) is 7.62. The molecule has 1 aromatic heterocycles. The molecule has 7 heteroatoms. The topological polar surface area (TPSA) is 67.2 Å². The third-order valence-corrected chi connectivity index (χ3v) is 6.79. The molecule has 1 heterocycles. The maximum Gasteiger partial charge on any atom is 0.254 e. The van der Waals surface area contributed by atoms with Gasteiger partial charge in [0.15, 0.2) is 0 Å². The number of amides is 2. The minimum atomic E-state index is -0.358. The van der Waals surface area contributed by atoms with E-state index in [0.29, 0.717) is 29.3 Å². The molecule has 0 saturated carbocycles. The number of rotatable bonds is 13. The van der Waals surface area contributed by atoms with Gasteiger partial charge in [-0.1, -0.05) is 75.6 Å². The lowest BCUT2D eigenvalue weighted by atomic mass is 10.0. The fraction of sp³-hybridized carbons (Fsp3) is 0.303. The van der Waals surface area contributed by atoms with Crippen molar-refractivity contribution in [1.82, 2.24) is 14.7 Å². The summed E-state index contributed by atoms with van der Waals surface area (Å²) in [6.45, 7) is 4.63. The second-order valence-corrected chi connectivity index (χ2v) is 9.95. The average molecular weight is 541 g/mol. The summed E-state index contributed by atoms with van der Waals surface area (Å²) >= 11 is 0. The van der Waals surface area contributed by atoms with Gasteiger partial charge in [-0.15, -0.1) is 0 Å². The first-order chi connectivity index (χ1) is 19.5. The van der Waals surface area contributed by atoms with Crippen molar-refractivity contribution in [1.29, 1.82) is 0 Å². The van der Waals surface area contributed by atoms with Crippen molar-refractivity contribution >= 4 is 17.6 Å². The van der Waals surface area contributed by atoms with Crippen LogP contribution in [-0.2, 0) is 11.2 Å². The van der Waals surface area contributed by atoms with E-state index in [2.05, 4.69) is 24.3 Å². The number of benzene rings is 3. The smallest absolute Gasteiger partial charge is 0.254 e. The summed E-state index contributed by atoms with van der Waals surface area (Å²) in [7, 11) is 0. The van der Waals surface area contributed by atoms with Crippen LogP contribution in [0.4, 0.5) is 10.2 Å². The molecular formula is C33H37FN4O2. The number of aromatic nitrogens is 2. The van der Waals surface area contributed by atoms with E-state index in [1.54, 1.807) is 27.8 Å². The lowest BCUT2D eigenvalue weighted by Gasteiger charge is -2.22. The molecule has 0 aliphatic rings. The highest BCUT2D eigenvalue weighted by Gasteiger charge is 2.20. The zero-order valence-electron chi connectivity index (χ0n) is 23.3. The van der Waals surface area contributed by atoms with Gasteiger partial charge < -0.3 is 10.2 Å². The predicted molar refractivity (Wildman–Crippen MR) is 158 cm³/mol. The van der Waals surface area contributed by atoms with E-state index < -0.39 is 0 Å². The third-order valence-electron chi connectivity index (χ3n) is 6.79. The van der Waals surface area contributed by atoms with Gasteiger partial charge in [-0.2, -0.15) is 5.10 Å². The minimum Gasteiger partial charge on any atom is -0.329 e. The monoisotopic (exact) mass is 540 g/mol. The molecule has 2 amide bonds. The first kappa shape index (κ1) is 28.7. The number of hydrogen-bond donors (Lipinski definition) is 1. The van der Waals surface area contributed by atoms with Crippen molar-refractivity contribution in [3.05, 3.63) is 102 Å². The minimum absolute atomic E-state index is 0.0909. The zero-order chi connectivity index (χ0) is 28.3. The SMILES string of the molecule is CCCCCc1ccc(C(=O)N(CCCC)CC(=O)Nc2cc(-c3ccccc3)nn2-c2ccc(F)cc2)cc1. The zero-order valence-corrected chi connectivity index (χ0v) is 23.3. The van der Waals surface area contributed by atoms with Gasteiger partial charge in [0.05, 0.1) is 11.4 Å². The van der Waals surface area contributed by atoms with Crippen LogP contribution in [0.15, 0.2) is 84.9 Å². The van der Waals surface area contributed by atoms with Crippen LogP contribution in [0.1, 0.15) is 61.9 Å². The number of hydrogen-bond acceptors (Lipinski definition) is 3. The van der Waals surface area contributed by atoms with Crippen LogP contribution in [0.5, 0.6) is 0 Å². The van der Waals surface area contributed by atoms with Gasteiger partial charge in [0, 0.05) is 23.7 Å². The van der Waals surface area contributed by atoms with Gasteiger partial charge in [-0.05, 0) is 61.2 Å². The number of aryl methyl sites for hydroxylation is 1.